The Morgan fingerprint density at radius 3 is 2.69 bits per heavy atom. The molecule has 16 heavy (non-hydrogen) atoms. The van der Waals surface area contributed by atoms with E-state index in [1.807, 2.05) is 0 Å². The lowest BCUT2D eigenvalue weighted by atomic mass is 10.2. The predicted octanol–water partition coefficient (Wildman–Crippen LogP) is 1.84. The fourth-order valence-electron chi connectivity index (χ4n) is 1.17. The summed E-state index contributed by atoms with van der Waals surface area (Å²) in [7, 11) is 0. The van der Waals surface area contributed by atoms with Crippen molar-refractivity contribution in [2.75, 3.05) is 0 Å². The number of carbonyl (C=O) groups is 1. The minimum Gasteiger partial charge on any atom is -0.479 e. The van der Waals surface area contributed by atoms with Gasteiger partial charge in [0.15, 0.2) is 11.9 Å². The van der Waals surface area contributed by atoms with Crippen molar-refractivity contribution in [2.24, 2.45) is 0 Å². The summed E-state index contributed by atoms with van der Waals surface area (Å²) in [5.74, 6) is -1.16. The van der Waals surface area contributed by atoms with Crippen LogP contribution in [0.5, 0.6) is 5.75 Å². The maximum atomic E-state index is 10.7. The monoisotopic (exact) mass is 225 g/mol. The minimum atomic E-state index is -1.14. The Labute approximate surface area is 91.6 Å². The molecule has 0 aromatic heterocycles. The summed E-state index contributed by atoms with van der Waals surface area (Å²) in [4.78, 5) is 20.8. The van der Waals surface area contributed by atoms with E-state index in [9.17, 15) is 14.9 Å². The summed E-state index contributed by atoms with van der Waals surface area (Å²) in [6.45, 7) is 1.63. The number of nitro groups is 1. The van der Waals surface area contributed by atoms with Crippen LogP contribution in [0.1, 0.15) is 13.3 Å². The van der Waals surface area contributed by atoms with E-state index < -0.39 is 17.0 Å². The van der Waals surface area contributed by atoms with E-state index in [-0.39, 0.29) is 17.9 Å². The van der Waals surface area contributed by atoms with Crippen molar-refractivity contribution in [3.05, 3.63) is 34.4 Å². The number of hydrogen-bond donors (Lipinski definition) is 1. The van der Waals surface area contributed by atoms with Crippen LogP contribution in [-0.4, -0.2) is 22.1 Å². The normalized spacial score (nSPS) is 11.8. The first-order valence-electron chi connectivity index (χ1n) is 4.69. The Morgan fingerprint density at radius 1 is 1.56 bits per heavy atom. The van der Waals surface area contributed by atoms with Gasteiger partial charge in [-0.2, -0.15) is 0 Å². The maximum absolute atomic E-state index is 10.7. The van der Waals surface area contributed by atoms with E-state index in [1.165, 1.54) is 18.2 Å². The lowest BCUT2D eigenvalue weighted by Gasteiger charge is -2.12. The molecule has 0 bridgehead atoms. The molecular weight excluding hydrogens is 214 g/mol. The first-order chi connectivity index (χ1) is 7.56. The van der Waals surface area contributed by atoms with Crippen LogP contribution in [0.15, 0.2) is 24.3 Å². The number of carboxylic acids is 1. The molecule has 0 saturated heterocycles. The number of aliphatic carboxylic acids is 1. The van der Waals surface area contributed by atoms with Crippen LogP contribution in [0.4, 0.5) is 5.69 Å². The molecule has 0 radical (unpaired) electrons. The van der Waals surface area contributed by atoms with Crippen molar-refractivity contribution >= 4 is 11.7 Å². The summed E-state index contributed by atoms with van der Waals surface area (Å²) in [5.41, 5.74) is -0.234. The number of carboxylic acid groups (broad SMARTS) is 1. The summed E-state index contributed by atoms with van der Waals surface area (Å²) in [5, 5.41) is 19.4. The Hall–Kier alpha value is -2.11. The molecule has 1 rings (SSSR count). The highest BCUT2D eigenvalue weighted by Gasteiger charge is 2.21. The third-order valence-electron chi connectivity index (χ3n) is 1.98. The molecule has 1 aromatic rings. The van der Waals surface area contributed by atoms with Crippen molar-refractivity contribution in [1.82, 2.24) is 0 Å². The third kappa shape index (κ3) is 2.69. The molecule has 0 aliphatic heterocycles. The first kappa shape index (κ1) is 12.0. The number of benzene rings is 1. The van der Waals surface area contributed by atoms with Gasteiger partial charge in [0.2, 0.25) is 0 Å². The van der Waals surface area contributed by atoms with Gasteiger partial charge in [-0.15, -0.1) is 0 Å². The quantitative estimate of drug-likeness (QED) is 0.609. The molecule has 0 heterocycles. The van der Waals surface area contributed by atoms with Crippen molar-refractivity contribution in [1.29, 1.82) is 0 Å². The first-order valence-corrected chi connectivity index (χ1v) is 4.69. The van der Waals surface area contributed by atoms with E-state index in [1.54, 1.807) is 13.0 Å². The van der Waals surface area contributed by atoms with Gasteiger partial charge in [-0.25, -0.2) is 4.79 Å². The van der Waals surface area contributed by atoms with Gasteiger partial charge in [0, 0.05) is 6.07 Å². The van der Waals surface area contributed by atoms with E-state index in [0.717, 1.165) is 0 Å². The lowest BCUT2D eigenvalue weighted by Crippen LogP contribution is -2.26. The molecule has 0 aliphatic rings. The predicted molar refractivity (Wildman–Crippen MR) is 55.4 cm³/mol. The fraction of sp³-hybridized carbons (Fsp3) is 0.300. The highest BCUT2D eigenvalue weighted by Crippen LogP contribution is 2.27. The zero-order valence-corrected chi connectivity index (χ0v) is 8.62. The van der Waals surface area contributed by atoms with Crippen LogP contribution in [0.2, 0.25) is 0 Å². The number of nitrogens with zero attached hydrogens (tertiary/aromatic N) is 1. The van der Waals surface area contributed by atoms with Gasteiger partial charge in [-0.05, 0) is 12.5 Å². The number of hydrogen-bond acceptors (Lipinski definition) is 4. The zero-order chi connectivity index (χ0) is 12.1. The molecule has 0 unspecified atom stereocenters. The van der Waals surface area contributed by atoms with E-state index in [2.05, 4.69) is 0 Å². The van der Waals surface area contributed by atoms with Crippen LogP contribution in [0.25, 0.3) is 0 Å². The molecule has 0 amide bonds. The molecule has 86 valence electrons. The highest BCUT2D eigenvalue weighted by molar-refractivity contribution is 5.72. The van der Waals surface area contributed by atoms with E-state index in [0.29, 0.717) is 0 Å². The van der Waals surface area contributed by atoms with Gasteiger partial charge < -0.3 is 9.84 Å². The number of ether oxygens (including phenoxy) is 1. The number of nitro benzene ring substituents is 1. The molecule has 6 nitrogen and oxygen atoms in total. The maximum Gasteiger partial charge on any atom is 0.344 e. The summed E-state index contributed by atoms with van der Waals surface area (Å²) >= 11 is 0. The molecule has 0 aliphatic carbocycles. The van der Waals surface area contributed by atoms with Gasteiger partial charge in [0.05, 0.1) is 4.92 Å². The van der Waals surface area contributed by atoms with Crippen LogP contribution in [-0.2, 0) is 4.79 Å². The van der Waals surface area contributed by atoms with Crippen molar-refractivity contribution in [2.45, 2.75) is 19.4 Å². The van der Waals surface area contributed by atoms with Gasteiger partial charge in [-0.1, -0.05) is 19.1 Å². The van der Waals surface area contributed by atoms with Gasteiger partial charge >= 0.3 is 11.7 Å². The molecule has 1 N–H and O–H groups in total. The summed E-state index contributed by atoms with van der Waals surface area (Å²) in [6.07, 6.45) is -0.831. The van der Waals surface area contributed by atoms with Gasteiger partial charge in [0.25, 0.3) is 0 Å². The van der Waals surface area contributed by atoms with Gasteiger partial charge in [0.1, 0.15) is 0 Å². The Morgan fingerprint density at radius 2 is 2.19 bits per heavy atom. The van der Waals surface area contributed by atoms with Crippen molar-refractivity contribution < 1.29 is 19.6 Å². The smallest absolute Gasteiger partial charge is 0.344 e. The lowest BCUT2D eigenvalue weighted by molar-refractivity contribution is -0.386. The molecule has 0 saturated carbocycles. The van der Waals surface area contributed by atoms with Crippen LogP contribution >= 0.6 is 0 Å². The topological polar surface area (TPSA) is 89.7 Å². The zero-order valence-electron chi connectivity index (χ0n) is 8.62. The second-order valence-electron chi connectivity index (χ2n) is 3.08. The minimum absolute atomic E-state index is 0.0262. The highest BCUT2D eigenvalue weighted by atomic mass is 16.6. The molecule has 6 heteroatoms. The Bertz CT molecular complexity index is 404. The third-order valence-corrected chi connectivity index (χ3v) is 1.98. The Kier molecular flexibility index (Phi) is 3.82. The number of para-hydroxylation sites is 2. The molecule has 0 fully saturated rings. The Balaban J connectivity index is 2.95. The second-order valence-corrected chi connectivity index (χ2v) is 3.08. The van der Waals surface area contributed by atoms with E-state index in [4.69, 9.17) is 9.84 Å². The average Bonchev–Trinajstić information content (AvgIpc) is 2.25. The summed E-state index contributed by atoms with van der Waals surface area (Å²) in [6, 6.07) is 5.69. The summed E-state index contributed by atoms with van der Waals surface area (Å²) < 4.78 is 5.08. The van der Waals surface area contributed by atoms with E-state index >= 15 is 0 Å². The van der Waals surface area contributed by atoms with Crippen molar-refractivity contribution in [3.63, 3.8) is 0 Å². The second kappa shape index (κ2) is 5.11. The average molecular weight is 225 g/mol. The standard InChI is InChI=1S/C10H11NO5/c1-2-8(10(12)13)16-9-6-4-3-5-7(9)11(14)15/h3-6,8H,2H2,1H3,(H,12,13)/t8-/m0/s1. The molecular formula is C10H11NO5. The SMILES string of the molecule is CC[C@H](Oc1ccccc1[N+](=O)[O-])C(=O)O. The van der Waals surface area contributed by atoms with Crippen LogP contribution < -0.4 is 4.74 Å². The van der Waals surface area contributed by atoms with Crippen molar-refractivity contribution in [3.8, 4) is 5.75 Å². The molecule has 1 atom stereocenters. The largest absolute Gasteiger partial charge is 0.479 e. The molecule has 0 spiro atoms. The van der Waals surface area contributed by atoms with Crippen LogP contribution in [0.3, 0.4) is 0 Å². The molecule has 1 aromatic carbocycles. The van der Waals surface area contributed by atoms with Gasteiger partial charge in [-0.3, -0.25) is 10.1 Å². The van der Waals surface area contributed by atoms with Crippen LogP contribution in [0, 0.1) is 10.1 Å². The number of rotatable bonds is 5. The fourth-order valence-corrected chi connectivity index (χ4v) is 1.17.